The molecule has 0 aliphatic rings. The molecule has 0 heterocycles. The normalized spacial score (nSPS) is 14.4. The molecule has 0 aromatic rings. The number of hydrogen-bond donors (Lipinski definition) is 8. The largest absolute Gasteiger partial charge is 0.480 e. The van der Waals surface area contributed by atoms with E-state index in [2.05, 4.69) is 20.9 Å². The molecule has 194 valence electrons. The molecule has 14 heteroatoms. The van der Waals surface area contributed by atoms with Gasteiger partial charge in [-0.3, -0.25) is 24.2 Å². The van der Waals surface area contributed by atoms with Crippen LogP contribution in [0.2, 0.25) is 0 Å². The molecule has 0 saturated carbocycles. The topological polar surface area (TPSA) is 258 Å². The van der Waals surface area contributed by atoms with E-state index >= 15 is 0 Å². The molecule has 14 nitrogen and oxygen atoms in total. The first kappa shape index (κ1) is 30.6. The molecule has 0 fully saturated rings. The molecule has 34 heavy (non-hydrogen) atoms. The van der Waals surface area contributed by atoms with Gasteiger partial charge in [-0.15, -0.1) is 0 Å². The lowest BCUT2D eigenvalue weighted by Gasteiger charge is -2.26. The standard InChI is InChI=1S/C20H38N8O6/c1-9(2)14(22)18(32)26-11(6-5-7-25-20(23)24)16(30)27-12(8-13(21)29)17(31)28-15(10(3)4)19(33)34/h9-12,14-15H,5-8,22H2,1-4H3,(H2,21,29)(H,26,32)(H,27,30)(H,28,31)(H,33,34)(H4,23,24,25). The summed E-state index contributed by atoms with van der Waals surface area (Å²) in [6.07, 6.45) is -0.190. The number of rotatable bonds is 15. The average molecular weight is 487 g/mol. The number of primary amides is 1. The highest BCUT2D eigenvalue weighted by Gasteiger charge is 2.32. The van der Waals surface area contributed by atoms with Gasteiger partial charge < -0.3 is 44.0 Å². The minimum Gasteiger partial charge on any atom is -0.480 e. The van der Waals surface area contributed by atoms with Gasteiger partial charge in [0.2, 0.25) is 23.6 Å². The third-order valence-electron chi connectivity index (χ3n) is 4.87. The smallest absolute Gasteiger partial charge is 0.326 e. The fraction of sp³-hybridized carbons (Fsp3) is 0.700. The number of nitrogens with zero attached hydrogens (tertiary/aromatic N) is 1. The summed E-state index contributed by atoms with van der Waals surface area (Å²) < 4.78 is 0. The van der Waals surface area contributed by atoms with Crippen LogP contribution in [0.4, 0.5) is 0 Å². The highest BCUT2D eigenvalue weighted by molar-refractivity contribution is 5.96. The molecule has 4 unspecified atom stereocenters. The molecule has 0 rings (SSSR count). The number of carbonyl (C=O) groups excluding carboxylic acids is 4. The lowest BCUT2D eigenvalue weighted by molar-refractivity contribution is -0.143. The second-order valence-corrected chi connectivity index (χ2v) is 8.58. The van der Waals surface area contributed by atoms with Crippen molar-refractivity contribution in [1.82, 2.24) is 16.0 Å². The number of carbonyl (C=O) groups is 5. The second-order valence-electron chi connectivity index (χ2n) is 8.58. The minimum atomic E-state index is -1.46. The Morgan fingerprint density at radius 2 is 1.35 bits per heavy atom. The van der Waals surface area contributed by atoms with Gasteiger partial charge in [0.15, 0.2) is 5.96 Å². The molecule has 0 saturated heterocycles. The Hall–Kier alpha value is -3.42. The molecule has 4 amide bonds. The highest BCUT2D eigenvalue weighted by atomic mass is 16.4. The van der Waals surface area contributed by atoms with Crippen LogP contribution < -0.4 is 38.9 Å². The molecule has 0 aromatic carbocycles. The van der Waals surface area contributed by atoms with Gasteiger partial charge in [-0.05, 0) is 24.7 Å². The van der Waals surface area contributed by atoms with Crippen LogP contribution in [0.1, 0.15) is 47.0 Å². The molecule has 0 aliphatic heterocycles. The van der Waals surface area contributed by atoms with Crippen molar-refractivity contribution in [2.24, 2.45) is 39.8 Å². The van der Waals surface area contributed by atoms with Gasteiger partial charge in [-0.1, -0.05) is 27.7 Å². The van der Waals surface area contributed by atoms with Crippen molar-refractivity contribution in [3.05, 3.63) is 0 Å². The maximum atomic E-state index is 12.9. The predicted molar refractivity (Wildman–Crippen MR) is 125 cm³/mol. The Bertz CT molecular complexity index is 766. The Balaban J connectivity index is 5.62. The molecular weight excluding hydrogens is 448 g/mol. The molecule has 0 bridgehead atoms. The Morgan fingerprint density at radius 1 is 0.824 bits per heavy atom. The first-order valence-electron chi connectivity index (χ1n) is 10.9. The van der Waals surface area contributed by atoms with E-state index in [1.165, 1.54) is 0 Å². The van der Waals surface area contributed by atoms with Crippen molar-refractivity contribution in [2.45, 2.75) is 71.1 Å². The van der Waals surface area contributed by atoms with E-state index in [0.29, 0.717) is 6.42 Å². The zero-order chi connectivity index (χ0) is 26.6. The molecule has 12 N–H and O–H groups in total. The molecule has 0 radical (unpaired) electrons. The van der Waals surface area contributed by atoms with Crippen LogP contribution in [-0.2, 0) is 24.0 Å². The number of hydrogen-bond acceptors (Lipinski definition) is 7. The number of amides is 4. The number of aliphatic carboxylic acids is 1. The van der Waals surface area contributed by atoms with Crippen LogP contribution in [0.5, 0.6) is 0 Å². The quantitative estimate of drug-likeness (QED) is 0.0669. The third kappa shape index (κ3) is 11.4. The van der Waals surface area contributed by atoms with Gasteiger partial charge in [-0.2, -0.15) is 0 Å². The van der Waals surface area contributed by atoms with E-state index in [9.17, 15) is 29.1 Å². The lowest BCUT2D eigenvalue weighted by atomic mass is 10.0. The number of nitrogens with one attached hydrogen (secondary N) is 3. The number of carboxylic acid groups (broad SMARTS) is 1. The zero-order valence-corrected chi connectivity index (χ0v) is 20.0. The number of carboxylic acids is 1. The first-order chi connectivity index (χ1) is 15.7. The molecule has 0 spiro atoms. The van der Waals surface area contributed by atoms with Crippen LogP contribution in [0.15, 0.2) is 4.99 Å². The summed E-state index contributed by atoms with van der Waals surface area (Å²) in [5.41, 5.74) is 21.6. The van der Waals surface area contributed by atoms with Crippen LogP contribution in [0, 0.1) is 11.8 Å². The van der Waals surface area contributed by atoms with Gasteiger partial charge in [-0.25, -0.2) is 4.79 Å². The maximum absolute atomic E-state index is 12.9. The van der Waals surface area contributed by atoms with Gasteiger partial charge >= 0.3 is 5.97 Å². The highest BCUT2D eigenvalue weighted by Crippen LogP contribution is 2.06. The van der Waals surface area contributed by atoms with Crippen molar-refractivity contribution >= 4 is 35.6 Å². The average Bonchev–Trinajstić information content (AvgIpc) is 2.71. The Morgan fingerprint density at radius 3 is 1.79 bits per heavy atom. The van der Waals surface area contributed by atoms with Gasteiger partial charge in [0.05, 0.1) is 12.5 Å². The number of aliphatic imine (C=N–C) groups is 1. The minimum absolute atomic E-state index is 0.0911. The fourth-order valence-electron chi connectivity index (χ4n) is 2.79. The Labute approximate surface area is 198 Å². The van der Waals surface area contributed by atoms with Gasteiger partial charge in [0.1, 0.15) is 18.1 Å². The lowest BCUT2D eigenvalue weighted by Crippen LogP contribution is -2.58. The monoisotopic (exact) mass is 486 g/mol. The van der Waals surface area contributed by atoms with Crippen molar-refractivity contribution in [2.75, 3.05) is 6.54 Å². The number of guanidine groups is 1. The summed E-state index contributed by atoms with van der Waals surface area (Å²) in [5, 5.41) is 16.5. The summed E-state index contributed by atoms with van der Waals surface area (Å²) in [5.74, 6) is -5.26. The summed E-state index contributed by atoms with van der Waals surface area (Å²) in [4.78, 5) is 64.7. The van der Waals surface area contributed by atoms with Gasteiger partial charge in [0, 0.05) is 6.54 Å². The van der Waals surface area contributed by atoms with Crippen LogP contribution in [-0.4, -0.2) is 71.4 Å². The van der Waals surface area contributed by atoms with E-state index in [-0.39, 0.29) is 24.8 Å². The first-order valence-corrected chi connectivity index (χ1v) is 10.9. The van der Waals surface area contributed by atoms with E-state index < -0.39 is 66.1 Å². The zero-order valence-electron chi connectivity index (χ0n) is 20.0. The van der Waals surface area contributed by atoms with E-state index in [4.69, 9.17) is 22.9 Å². The molecule has 4 atom stereocenters. The van der Waals surface area contributed by atoms with Crippen LogP contribution >= 0.6 is 0 Å². The third-order valence-corrected chi connectivity index (χ3v) is 4.87. The van der Waals surface area contributed by atoms with Crippen molar-refractivity contribution in [3.8, 4) is 0 Å². The summed E-state index contributed by atoms with van der Waals surface area (Å²) in [7, 11) is 0. The van der Waals surface area contributed by atoms with E-state index in [0.717, 1.165) is 0 Å². The van der Waals surface area contributed by atoms with Crippen LogP contribution in [0.25, 0.3) is 0 Å². The molecule has 0 aromatic heterocycles. The summed E-state index contributed by atoms with van der Waals surface area (Å²) in [6, 6.07) is -4.73. The van der Waals surface area contributed by atoms with E-state index in [1.807, 2.05) is 0 Å². The van der Waals surface area contributed by atoms with E-state index in [1.54, 1.807) is 27.7 Å². The SMILES string of the molecule is CC(C)C(N)C(=O)NC(CCCN=C(N)N)C(=O)NC(CC(N)=O)C(=O)NC(C(=O)O)C(C)C. The summed E-state index contributed by atoms with van der Waals surface area (Å²) in [6.45, 7) is 6.82. The van der Waals surface area contributed by atoms with Gasteiger partial charge in [0.25, 0.3) is 0 Å². The van der Waals surface area contributed by atoms with Crippen LogP contribution in [0.3, 0.4) is 0 Å². The van der Waals surface area contributed by atoms with Crippen molar-refractivity contribution in [1.29, 1.82) is 0 Å². The van der Waals surface area contributed by atoms with Crippen molar-refractivity contribution < 1.29 is 29.1 Å². The molecular formula is C20H38N8O6. The Kier molecular flexibility index (Phi) is 13.2. The molecule has 0 aliphatic carbocycles. The predicted octanol–water partition coefficient (Wildman–Crippen LogP) is -2.91. The maximum Gasteiger partial charge on any atom is 0.326 e. The number of nitrogens with two attached hydrogens (primary N) is 4. The summed E-state index contributed by atoms with van der Waals surface area (Å²) >= 11 is 0. The fourth-order valence-corrected chi connectivity index (χ4v) is 2.79. The van der Waals surface area contributed by atoms with Crippen molar-refractivity contribution in [3.63, 3.8) is 0 Å². The second kappa shape index (κ2) is 14.7.